The second kappa shape index (κ2) is 5.30. The Labute approximate surface area is 95.2 Å². The smallest absolute Gasteiger partial charge is 0.339 e. The Morgan fingerprint density at radius 1 is 1.69 bits per heavy atom. The van der Waals surface area contributed by atoms with Crippen LogP contribution in [0, 0.1) is 0 Å². The first-order valence-electron chi connectivity index (χ1n) is 5.12. The number of hydrogen-bond acceptors (Lipinski definition) is 3. The predicted octanol–water partition coefficient (Wildman–Crippen LogP) is 2.18. The average Bonchev–Trinajstić information content (AvgIpc) is 2.25. The summed E-state index contributed by atoms with van der Waals surface area (Å²) < 4.78 is 0. The number of rotatable bonds is 5. The first-order chi connectivity index (χ1) is 7.57. The van der Waals surface area contributed by atoms with Gasteiger partial charge in [-0.2, -0.15) is 0 Å². The van der Waals surface area contributed by atoms with Gasteiger partial charge in [0.05, 0.1) is 5.69 Å². The monoisotopic (exact) mass is 220 g/mol. The van der Waals surface area contributed by atoms with Gasteiger partial charge >= 0.3 is 5.97 Å². The van der Waals surface area contributed by atoms with Crippen LogP contribution in [0.25, 0.3) is 0 Å². The van der Waals surface area contributed by atoms with E-state index in [4.69, 9.17) is 5.11 Å². The van der Waals surface area contributed by atoms with Crippen molar-refractivity contribution in [3.05, 3.63) is 36.7 Å². The molecule has 0 radical (unpaired) electrons. The molecule has 0 atom stereocenters. The molecule has 0 saturated heterocycles. The number of pyridine rings is 1. The van der Waals surface area contributed by atoms with Crippen molar-refractivity contribution in [2.24, 2.45) is 0 Å². The molecule has 16 heavy (non-hydrogen) atoms. The maximum Gasteiger partial charge on any atom is 0.339 e. The van der Waals surface area contributed by atoms with Crippen molar-refractivity contribution < 1.29 is 9.90 Å². The summed E-state index contributed by atoms with van der Waals surface area (Å²) in [6.45, 7) is 8.31. The third-order valence-corrected chi connectivity index (χ3v) is 2.29. The number of carboxylic acid groups (broad SMARTS) is 1. The number of aromatic carboxylic acids is 1. The fourth-order valence-electron chi connectivity index (χ4n) is 1.53. The highest BCUT2D eigenvalue weighted by molar-refractivity contribution is 5.94. The molecule has 0 aliphatic rings. The molecular weight excluding hydrogens is 204 g/mol. The lowest BCUT2D eigenvalue weighted by Crippen LogP contribution is -2.32. The molecule has 0 saturated carbocycles. The van der Waals surface area contributed by atoms with Crippen LogP contribution in [-0.4, -0.2) is 28.6 Å². The van der Waals surface area contributed by atoms with Gasteiger partial charge in [0.25, 0.3) is 0 Å². The normalized spacial score (nSPS) is 10.2. The van der Waals surface area contributed by atoms with Crippen molar-refractivity contribution >= 4 is 11.7 Å². The van der Waals surface area contributed by atoms with Crippen LogP contribution in [0.15, 0.2) is 31.1 Å². The zero-order chi connectivity index (χ0) is 12.1. The van der Waals surface area contributed by atoms with E-state index in [2.05, 4.69) is 11.6 Å². The van der Waals surface area contributed by atoms with Crippen LogP contribution in [0.1, 0.15) is 24.2 Å². The van der Waals surface area contributed by atoms with E-state index in [1.807, 2.05) is 18.7 Å². The molecule has 0 unspecified atom stereocenters. The molecule has 4 nitrogen and oxygen atoms in total. The van der Waals surface area contributed by atoms with Crippen LogP contribution in [0.4, 0.5) is 5.69 Å². The molecule has 4 heteroatoms. The van der Waals surface area contributed by atoms with Crippen LogP contribution in [-0.2, 0) is 0 Å². The molecule has 1 N–H and O–H groups in total. The first kappa shape index (κ1) is 12.2. The molecule has 0 aromatic carbocycles. The van der Waals surface area contributed by atoms with E-state index in [-0.39, 0.29) is 11.6 Å². The Morgan fingerprint density at radius 3 is 2.88 bits per heavy atom. The van der Waals surface area contributed by atoms with Gasteiger partial charge in [0.1, 0.15) is 5.56 Å². The third kappa shape index (κ3) is 2.59. The van der Waals surface area contributed by atoms with Gasteiger partial charge in [-0.05, 0) is 19.9 Å². The quantitative estimate of drug-likeness (QED) is 0.773. The van der Waals surface area contributed by atoms with Crippen LogP contribution in [0.2, 0.25) is 0 Å². The molecule has 1 heterocycles. The number of carbonyl (C=O) groups is 1. The van der Waals surface area contributed by atoms with E-state index in [9.17, 15) is 4.79 Å². The molecule has 0 amide bonds. The van der Waals surface area contributed by atoms with Crippen LogP contribution >= 0.6 is 0 Å². The minimum absolute atomic E-state index is 0.207. The zero-order valence-electron chi connectivity index (χ0n) is 9.55. The molecule has 1 rings (SSSR count). The highest BCUT2D eigenvalue weighted by atomic mass is 16.4. The fraction of sp³-hybridized carbons (Fsp3) is 0.333. The summed E-state index contributed by atoms with van der Waals surface area (Å²) in [5.41, 5.74) is 0.899. The van der Waals surface area contributed by atoms with Gasteiger partial charge in [-0.25, -0.2) is 4.79 Å². The number of hydrogen-bond donors (Lipinski definition) is 1. The molecule has 0 spiro atoms. The van der Waals surface area contributed by atoms with Gasteiger partial charge in [0.15, 0.2) is 0 Å². The van der Waals surface area contributed by atoms with Gasteiger partial charge < -0.3 is 10.0 Å². The van der Waals surface area contributed by atoms with Gasteiger partial charge in [0, 0.05) is 25.0 Å². The molecule has 1 aromatic heterocycles. The van der Waals surface area contributed by atoms with E-state index in [1.54, 1.807) is 18.3 Å². The minimum atomic E-state index is -0.960. The van der Waals surface area contributed by atoms with Gasteiger partial charge in [-0.3, -0.25) is 4.98 Å². The van der Waals surface area contributed by atoms with Crippen molar-refractivity contribution in [2.75, 3.05) is 11.4 Å². The SMILES string of the molecule is C=CCN(c1ccncc1C(=O)O)C(C)C. The van der Waals surface area contributed by atoms with E-state index < -0.39 is 5.97 Å². The Bertz CT molecular complexity index is 388. The van der Waals surface area contributed by atoms with E-state index >= 15 is 0 Å². The average molecular weight is 220 g/mol. The van der Waals surface area contributed by atoms with Crippen molar-refractivity contribution in [3.8, 4) is 0 Å². The van der Waals surface area contributed by atoms with E-state index in [0.717, 1.165) is 0 Å². The Hall–Kier alpha value is -1.84. The number of anilines is 1. The van der Waals surface area contributed by atoms with E-state index in [0.29, 0.717) is 12.2 Å². The van der Waals surface area contributed by atoms with Crippen LogP contribution < -0.4 is 4.90 Å². The van der Waals surface area contributed by atoms with Gasteiger partial charge in [-0.15, -0.1) is 6.58 Å². The molecule has 0 bridgehead atoms. The summed E-state index contributed by atoms with van der Waals surface area (Å²) in [7, 11) is 0. The summed E-state index contributed by atoms with van der Waals surface area (Å²) in [5, 5.41) is 9.07. The first-order valence-corrected chi connectivity index (χ1v) is 5.12. The summed E-state index contributed by atoms with van der Waals surface area (Å²) in [5.74, 6) is -0.960. The van der Waals surface area contributed by atoms with E-state index in [1.165, 1.54) is 6.20 Å². The topological polar surface area (TPSA) is 53.4 Å². The van der Waals surface area contributed by atoms with Crippen molar-refractivity contribution in [3.63, 3.8) is 0 Å². The van der Waals surface area contributed by atoms with Gasteiger partial charge in [-0.1, -0.05) is 6.08 Å². The summed E-state index contributed by atoms with van der Waals surface area (Å²) in [6.07, 6.45) is 4.72. The summed E-state index contributed by atoms with van der Waals surface area (Å²) >= 11 is 0. The Kier molecular flexibility index (Phi) is 4.05. The largest absolute Gasteiger partial charge is 0.478 e. The second-order valence-electron chi connectivity index (χ2n) is 3.73. The van der Waals surface area contributed by atoms with Gasteiger partial charge in [0.2, 0.25) is 0 Å². The summed E-state index contributed by atoms with van der Waals surface area (Å²) in [4.78, 5) is 16.9. The van der Waals surface area contributed by atoms with Crippen molar-refractivity contribution in [1.29, 1.82) is 0 Å². The number of carboxylic acids is 1. The molecule has 86 valence electrons. The number of aromatic nitrogens is 1. The molecule has 0 fully saturated rings. The number of nitrogens with zero attached hydrogens (tertiary/aromatic N) is 2. The molecule has 0 aliphatic carbocycles. The van der Waals surface area contributed by atoms with Crippen molar-refractivity contribution in [1.82, 2.24) is 4.98 Å². The lowest BCUT2D eigenvalue weighted by molar-refractivity contribution is 0.0697. The Morgan fingerprint density at radius 2 is 2.38 bits per heavy atom. The second-order valence-corrected chi connectivity index (χ2v) is 3.73. The lowest BCUT2D eigenvalue weighted by atomic mass is 10.2. The highest BCUT2D eigenvalue weighted by Crippen LogP contribution is 2.21. The van der Waals surface area contributed by atoms with Crippen LogP contribution in [0.5, 0.6) is 0 Å². The maximum atomic E-state index is 11.1. The van der Waals surface area contributed by atoms with Crippen LogP contribution in [0.3, 0.4) is 0 Å². The maximum absolute atomic E-state index is 11.1. The standard InChI is InChI=1S/C12H16N2O2/c1-4-7-14(9(2)3)11-5-6-13-8-10(11)12(15)16/h4-6,8-9H,1,7H2,2-3H3,(H,15,16). The minimum Gasteiger partial charge on any atom is -0.478 e. The summed E-state index contributed by atoms with van der Waals surface area (Å²) in [6, 6.07) is 1.92. The molecular formula is C12H16N2O2. The Balaban J connectivity index is 3.17. The molecule has 0 aliphatic heterocycles. The zero-order valence-corrected chi connectivity index (χ0v) is 9.55. The third-order valence-electron chi connectivity index (χ3n) is 2.29. The lowest BCUT2D eigenvalue weighted by Gasteiger charge is -2.28. The predicted molar refractivity (Wildman–Crippen MR) is 63.9 cm³/mol. The fourth-order valence-corrected chi connectivity index (χ4v) is 1.53. The molecule has 1 aromatic rings. The highest BCUT2D eigenvalue weighted by Gasteiger charge is 2.17. The van der Waals surface area contributed by atoms with Crippen molar-refractivity contribution in [2.45, 2.75) is 19.9 Å².